The normalized spacial score (nSPS) is 14.5. The number of hydroxylamine groups is 1. The van der Waals surface area contributed by atoms with Gasteiger partial charge in [-0.1, -0.05) is 30.4 Å². The number of thiazole rings is 1. The van der Waals surface area contributed by atoms with Crippen LogP contribution in [0.3, 0.4) is 0 Å². The first-order valence-electron chi connectivity index (χ1n) is 11.6. The molecule has 1 saturated heterocycles. The van der Waals surface area contributed by atoms with E-state index in [9.17, 15) is 9.59 Å². The second-order valence-electron chi connectivity index (χ2n) is 8.40. The summed E-state index contributed by atoms with van der Waals surface area (Å²) in [6, 6.07) is 11.1. The molecule has 8 nitrogen and oxygen atoms in total. The number of allylic oxidation sites excluding steroid dienone is 1. The van der Waals surface area contributed by atoms with Crippen molar-refractivity contribution >= 4 is 38.4 Å². The molecule has 2 heterocycles. The fourth-order valence-corrected chi connectivity index (χ4v) is 4.80. The van der Waals surface area contributed by atoms with Crippen molar-refractivity contribution in [2.75, 3.05) is 45.4 Å². The average molecular weight is 495 g/mol. The summed E-state index contributed by atoms with van der Waals surface area (Å²) in [7, 11) is 3.61. The Kier molecular flexibility index (Phi) is 7.67. The number of amides is 1. The number of anilines is 1. The number of nitrogens with zero attached hydrogens (tertiary/aromatic N) is 4. The lowest BCUT2D eigenvalue weighted by atomic mass is 10.0. The molecule has 0 bridgehead atoms. The summed E-state index contributed by atoms with van der Waals surface area (Å²) in [5, 5.41) is 1.63. The number of likely N-dealkylation sites (N-methyl/N-ethyl adjacent to an activating group) is 1. The number of fused-ring (bicyclic) bond motifs is 1. The van der Waals surface area contributed by atoms with Crippen LogP contribution in [0, 0.1) is 0 Å². The van der Waals surface area contributed by atoms with Gasteiger partial charge >= 0.3 is 0 Å². The molecule has 4 rings (SSSR count). The standard InChI is InChI=1S/C26H30N4O4S/c1-5-19-16-20(22(32)10-11-29-14-12-28(3)13-15-29)24(33-4)17-23(19)34-30(18(2)31)26-27-21-8-6-7-9-25(21)35-26/h6-11,16-17H,5,12-15H2,1-4H3. The van der Waals surface area contributed by atoms with Gasteiger partial charge in [0.25, 0.3) is 5.91 Å². The molecular weight excluding hydrogens is 464 g/mol. The zero-order chi connectivity index (χ0) is 24.9. The van der Waals surface area contributed by atoms with E-state index in [1.807, 2.05) is 37.4 Å². The Hall–Kier alpha value is -3.43. The van der Waals surface area contributed by atoms with Gasteiger partial charge in [-0.15, -0.1) is 5.06 Å². The number of ketones is 1. The van der Waals surface area contributed by atoms with E-state index in [1.54, 1.807) is 18.2 Å². The van der Waals surface area contributed by atoms with Gasteiger partial charge in [0.2, 0.25) is 5.13 Å². The van der Waals surface area contributed by atoms with Gasteiger partial charge in [-0.05, 0) is 37.2 Å². The minimum atomic E-state index is -0.305. The molecule has 0 saturated carbocycles. The van der Waals surface area contributed by atoms with E-state index in [1.165, 1.54) is 30.4 Å². The van der Waals surface area contributed by atoms with Crippen LogP contribution in [0.1, 0.15) is 29.8 Å². The van der Waals surface area contributed by atoms with Crippen LogP contribution in [-0.2, 0) is 11.2 Å². The van der Waals surface area contributed by atoms with Gasteiger partial charge in [0, 0.05) is 51.4 Å². The van der Waals surface area contributed by atoms with E-state index in [0.29, 0.717) is 28.6 Å². The van der Waals surface area contributed by atoms with Gasteiger partial charge in [-0.3, -0.25) is 9.59 Å². The van der Waals surface area contributed by atoms with Crippen LogP contribution in [-0.4, -0.2) is 66.8 Å². The van der Waals surface area contributed by atoms with Crippen molar-refractivity contribution in [3.63, 3.8) is 0 Å². The van der Waals surface area contributed by atoms with Gasteiger partial charge < -0.3 is 19.4 Å². The van der Waals surface area contributed by atoms with Crippen LogP contribution in [0.25, 0.3) is 10.2 Å². The Labute approximate surface area is 209 Å². The Morgan fingerprint density at radius 2 is 1.89 bits per heavy atom. The monoisotopic (exact) mass is 494 g/mol. The number of hydrogen-bond acceptors (Lipinski definition) is 8. The van der Waals surface area contributed by atoms with Crippen LogP contribution in [0.15, 0.2) is 48.7 Å². The third-order valence-electron chi connectivity index (χ3n) is 5.94. The van der Waals surface area contributed by atoms with Crippen molar-refractivity contribution in [2.45, 2.75) is 20.3 Å². The number of methoxy groups -OCH3 is 1. The summed E-state index contributed by atoms with van der Waals surface area (Å²) in [6.45, 7) is 7.10. The maximum Gasteiger partial charge on any atom is 0.259 e. The molecule has 0 spiro atoms. The SMILES string of the molecule is CCc1cc(C(=O)C=CN2CCN(C)CC2)c(OC)cc1ON(C(C)=O)c1nc2ccccc2s1. The molecule has 184 valence electrons. The zero-order valence-electron chi connectivity index (χ0n) is 20.5. The number of ether oxygens (including phenoxy) is 1. The van der Waals surface area contributed by atoms with E-state index in [0.717, 1.165) is 42.0 Å². The Morgan fingerprint density at radius 3 is 2.54 bits per heavy atom. The van der Waals surface area contributed by atoms with Crippen LogP contribution in [0.4, 0.5) is 5.13 Å². The average Bonchev–Trinajstić information content (AvgIpc) is 3.29. The highest BCUT2D eigenvalue weighted by atomic mass is 32.1. The van der Waals surface area contributed by atoms with Crippen molar-refractivity contribution < 1.29 is 19.2 Å². The highest BCUT2D eigenvalue weighted by molar-refractivity contribution is 7.22. The lowest BCUT2D eigenvalue weighted by Crippen LogP contribution is -2.41. The molecule has 1 fully saturated rings. The quantitative estimate of drug-likeness (QED) is 0.264. The summed E-state index contributed by atoms with van der Waals surface area (Å²) < 4.78 is 6.49. The molecule has 0 unspecified atom stereocenters. The molecule has 0 N–H and O–H groups in total. The molecule has 0 atom stereocenters. The first-order chi connectivity index (χ1) is 16.9. The number of aryl methyl sites for hydroxylation is 1. The number of carbonyl (C=O) groups is 2. The third kappa shape index (κ3) is 5.63. The first-order valence-corrected chi connectivity index (χ1v) is 12.4. The van der Waals surface area contributed by atoms with E-state index in [-0.39, 0.29) is 11.7 Å². The summed E-state index contributed by atoms with van der Waals surface area (Å²) >= 11 is 1.37. The Morgan fingerprint density at radius 1 is 1.14 bits per heavy atom. The van der Waals surface area contributed by atoms with Crippen LogP contribution in [0.2, 0.25) is 0 Å². The summed E-state index contributed by atoms with van der Waals surface area (Å²) in [6.07, 6.45) is 4.05. The smallest absolute Gasteiger partial charge is 0.259 e. The minimum absolute atomic E-state index is 0.142. The topological polar surface area (TPSA) is 75.2 Å². The Balaban J connectivity index is 1.60. The van der Waals surface area contributed by atoms with E-state index >= 15 is 0 Å². The number of piperazine rings is 1. The number of rotatable bonds is 8. The Bertz CT molecular complexity index is 1210. The summed E-state index contributed by atoms with van der Waals surface area (Å²) in [5.74, 6) is 0.383. The maximum atomic E-state index is 13.0. The molecule has 1 aromatic heterocycles. The molecule has 0 aliphatic carbocycles. The molecule has 9 heteroatoms. The second kappa shape index (κ2) is 10.9. The van der Waals surface area contributed by atoms with Gasteiger partial charge in [0.15, 0.2) is 11.5 Å². The predicted molar refractivity (Wildman–Crippen MR) is 138 cm³/mol. The number of carbonyl (C=O) groups excluding carboxylic acids is 2. The second-order valence-corrected chi connectivity index (χ2v) is 9.41. The predicted octanol–water partition coefficient (Wildman–Crippen LogP) is 4.16. The molecule has 2 aromatic carbocycles. The van der Waals surface area contributed by atoms with E-state index in [2.05, 4.69) is 21.8 Å². The number of hydrogen-bond donors (Lipinski definition) is 0. The highest BCUT2D eigenvalue weighted by Crippen LogP contribution is 2.34. The van der Waals surface area contributed by atoms with Crippen molar-refractivity contribution in [1.29, 1.82) is 0 Å². The molecule has 1 aliphatic rings. The third-order valence-corrected chi connectivity index (χ3v) is 6.94. The summed E-state index contributed by atoms with van der Waals surface area (Å²) in [4.78, 5) is 40.5. The van der Waals surface area contributed by atoms with Crippen molar-refractivity contribution in [1.82, 2.24) is 14.8 Å². The molecule has 3 aromatic rings. The number of aromatic nitrogens is 1. The van der Waals surface area contributed by atoms with Gasteiger partial charge in [-0.2, -0.15) is 0 Å². The fourth-order valence-electron chi connectivity index (χ4n) is 3.85. The van der Waals surface area contributed by atoms with Crippen molar-refractivity contribution in [2.24, 2.45) is 0 Å². The molecule has 35 heavy (non-hydrogen) atoms. The fraction of sp³-hybridized carbons (Fsp3) is 0.346. The maximum absolute atomic E-state index is 13.0. The first kappa shape index (κ1) is 24.7. The van der Waals surface area contributed by atoms with Gasteiger partial charge in [-0.25, -0.2) is 4.98 Å². The lowest BCUT2D eigenvalue weighted by molar-refractivity contribution is -0.120. The molecule has 1 aliphatic heterocycles. The van der Waals surface area contributed by atoms with Crippen LogP contribution in [0.5, 0.6) is 11.5 Å². The van der Waals surface area contributed by atoms with Crippen LogP contribution < -0.4 is 14.6 Å². The number of benzene rings is 2. The van der Waals surface area contributed by atoms with Crippen molar-refractivity contribution in [3.8, 4) is 11.5 Å². The summed E-state index contributed by atoms with van der Waals surface area (Å²) in [5.41, 5.74) is 2.04. The molecule has 0 radical (unpaired) electrons. The molecular formula is C26H30N4O4S. The lowest BCUT2D eigenvalue weighted by Gasteiger charge is -2.31. The number of para-hydroxylation sites is 1. The molecule has 1 amide bonds. The zero-order valence-corrected chi connectivity index (χ0v) is 21.3. The van der Waals surface area contributed by atoms with E-state index < -0.39 is 0 Å². The van der Waals surface area contributed by atoms with Gasteiger partial charge in [0.05, 0.1) is 22.9 Å². The van der Waals surface area contributed by atoms with E-state index in [4.69, 9.17) is 9.57 Å². The van der Waals surface area contributed by atoms with Crippen LogP contribution >= 0.6 is 11.3 Å². The largest absolute Gasteiger partial charge is 0.496 e. The minimum Gasteiger partial charge on any atom is -0.496 e. The van der Waals surface area contributed by atoms with Crippen molar-refractivity contribution in [3.05, 3.63) is 59.8 Å². The van der Waals surface area contributed by atoms with Gasteiger partial charge in [0.1, 0.15) is 5.75 Å². The highest BCUT2D eigenvalue weighted by Gasteiger charge is 2.23.